The fourth-order valence-electron chi connectivity index (χ4n) is 1.98. The second-order valence-electron chi connectivity index (χ2n) is 4.47. The molecule has 2 atom stereocenters. The van der Waals surface area contributed by atoms with Crippen LogP contribution in [0.1, 0.15) is 0 Å². The molecule has 3 N–H and O–H groups in total. The Labute approximate surface area is 108 Å². The molecule has 1 fully saturated rings. The molecular weight excluding hydrogens is 258 g/mol. The molecule has 1 heterocycles. The van der Waals surface area contributed by atoms with E-state index >= 15 is 0 Å². The molecule has 0 bridgehead atoms. The topological polar surface area (TPSA) is 72.8 Å². The van der Waals surface area contributed by atoms with Crippen LogP contribution in [0, 0.1) is 11.6 Å². The van der Waals surface area contributed by atoms with E-state index < -0.39 is 35.4 Å². The lowest BCUT2D eigenvalue weighted by Gasteiger charge is -2.14. The summed E-state index contributed by atoms with van der Waals surface area (Å²) in [5.74, 6) is -2.31. The summed E-state index contributed by atoms with van der Waals surface area (Å²) in [7, 11) is 0. The fourth-order valence-corrected chi connectivity index (χ4v) is 1.98. The molecule has 1 aliphatic heterocycles. The Balaban J connectivity index is 1.95. The van der Waals surface area contributed by atoms with Crippen LogP contribution in [0.25, 0.3) is 0 Å². The Morgan fingerprint density at radius 1 is 1.26 bits per heavy atom. The van der Waals surface area contributed by atoms with Crippen LogP contribution < -0.4 is 5.32 Å². The van der Waals surface area contributed by atoms with E-state index in [9.17, 15) is 23.8 Å². The third-order valence-electron chi connectivity index (χ3n) is 2.93. The van der Waals surface area contributed by atoms with Gasteiger partial charge in [-0.2, -0.15) is 0 Å². The van der Waals surface area contributed by atoms with Gasteiger partial charge in [-0.25, -0.2) is 8.78 Å². The van der Waals surface area contributed by atoms with Crippen LogP contribution in [0.15, 0.2) is 18.2 Å². The molecule has 1 aliphatic rings. The van der Waals surface area contributed by atoms with E-state index in [0.29, 0.717) is 0 Å². The number of hydrogen-bond acceptors (Lipinski definition) is 4. The Morgan fingerprint density at radius 2 is 1.79 bits per heavy atom. The van der Waals surface area contributed by atoms with Gasteiger partial charge < -0.3 is 15.5 Å². The quantitative estimate of drug-likeness (QED) is 0.721. The Morgan fingerprint density at radius 3 is 2.32 bits per heavy atom. The smallest absolute Gasteiger partial charge is 0.238 e. The average Bonchev–Trinajstić information content (AvgIpc) is 2.63. The van der Waals surface area contributed by atoms with Crippen molar-refractivity contribution in [2.75, 3.05) is 25.0 Å². The van der Waals surface area contributed by atoms with Gasteiger partial charge in [0.1, 0.15) is 17.3 Å². The lowest BCUT2D eigenvalue weighted by molar-refractivity contribution is -0.117. The van der Waals surface area contributed by atoms with Gasteiger partial charge in [0.15, 0.2) is 0 Å². The van der Waals surface area contributed by atoms with E-state index in [0.717, 1.165) is 12.1 Å². The van der Waals surface area contributed by atoms with Crippen molar-refractivity contribution in [3.63, 3.8) is 0 Å². The molecule has 0 radical (unpaired) electrons. The van der Waals surface area contributed by atoms with E-state index in [4.69, 9.17) is 0 Å². The first-order valence-corrected chi connectivity index (χ1v) is 5.79. The number of hydrogen-bond donors (Lipinski definition) is 3. The maximum absolute atomic E-state index is 13.3. The zero-order valence-corrected chi connectivity index (χ0v) is 10.0. The molecule has 1 saturated heterocycles. The van der Waals surface area contributed by atoms with Crippen molar-refractivity contribution in [3.8, 4) is 0 Å². The number of para-hydroxylation sites is 1. The highest BCUT2D eigenvalue weighted by Crippen LogP contribution is 2.18. The van der Waals surface area contributed by atoms with E-state index in [1.807, 2.05) is 0 Å². The summed E-state index contributed by atoms with van der Waals surface area (Å²) in [6, 6.07) is 3.29. The number of aliphatic hydroxyl groups excluding tert-OH is 2. The van der Waals surface area contributed by atoms with Gasteiger partial charge in [0, 0.05) is 13.1 Å². The minimum atomic E-state index is -0.905. The van der Waals surface area contributed by atoms with Crippen molar-refractivity contribution in [2.45, 2.75) is 12.2 Å². The summed E-state index contributed by atoms with van der Waals surface area (Å²) < 4.78 is 26.6. The standard InChI is InChI=1S/C12H14F2N2O3/c13-7-2-1-3-8(14)12(7)15-11(19)6-16-4-9(17)10(18)5-16/h1-3,9-10,17-18H,4-6H2,(H,15,19)/t9-,10+. The number of rotatable bonds is 3. The highest BCUT2D eigenvalue weighted by molar-refractivity contribution is 5.92. The van der Waals surface area contributed by atoms with E-state index in [2.05, 4.69) is 5.32 Å². The molecule has 5 nitrogen and oxygen atoms in total. The third kappa shape index (κ3) is 3.25. The number of anilines is 1. The molecular formula is C12H14F2N2O3. The lowest BCUT2D eigenvalue weighted by atomic mass is 10.3. The first-order chi connectivity index (χ1) is 8.97. The highest BCUT2D eigenvalue weighted by Gasteiger charge is 2.30. The van der Waals surface area contributed by atoms with Gasteiger partial charge in [-0.15, -0.1) is 0 Å². The number of aliphatic hydroxyl groups is 2. The Kier molecular flexibility index (Phi) is 4.08. The zero-order chi connectivity index (χ0) is 14.0. The summed E-state index contributed by atoms with van der Waals surface area (Å²) >= 11 is 0. The molecule has 1 aromatic rings. The predicted molar refractivity (Wildman–Crippen MR) is 63.4 cm³/mol. The van der Waals surface area contributed by atoms with Gasteiger partial charge in [-0.1, -0.05) is 6.07 Å². The molecule has 1 amide bonds. The highest BCUT2D eigenvalue weighted by atomic mass is 19.1. The SMILES string of the molecule is O=C(CN1C[C@@H](O)[C@@H](O)C1)Nc1c(F)cccc1F. The number of nitrogens with one attached hydrogen (secondary N) is 1. The molecule has 19 heavy (non-hydrogen) atoms. The molecule has 0 unspecified atom stereocenters. The van der Waals surface area contributed by atoms with Crippen LogP contribution >= 0.6 is 0 Å². The van der Waals surface area contributed by atoms with Crippen molar-refractivity contribution < 1.29 is 23.8 Å². The fraction of sp³-hybridized carbons (Fsp3) is 0.417. The van der Waals surface area contributed by atoms with Crippen LogP contribution in [0.4, 0.5) is 14.5 Å². The lowest BCUT2D eigenvalue weighted by Crippen LogP contribution is -2.32. The number of nitrogens with zero attached hydrogens (tertiary/aromatic N) is 1. The van der Waals surface area contributed by atoms with Crippen molar-refractivity contribution in [1.29, 1.82) is 0 Å². The minimum Gasteiger partial charge on any atom is -0.389 e. The van der Waals surface area contributed by atoms with Gasteiger partial charge in [0.05, 0.1) is 18.8 Å². The Bertz CT molecular complexity index is 454. The number of benzene rings is 1. The molecule has 0 aliphatic carbocycles. The van der Waals surface area contributed by atoms with Crippen molar-refractivity contribution >= 4 is 11.6 Å². The molecule has 7 heteroatoms. The molecule has 0 spiro atoms. The van der Waals surface area contributed by atoms with Crippen LogP contribution in [0.3, 0.4) is 0 Å². The number of amides is 1. The zero-order valence-electron chi connectivity index (χ0n) is 10.0. The first-order valence-electron chi connectivity index (χ1n) is 5.79. The summed E-state index contributed by atoms with van der Waals surface area (Å²) in [5.41, 5.74) is -0.493. The van der Waals surface area contributed by atoms with E-state index in [1.165, 1.54) is 11.0 Å². The summed E-state index contributed by atoms with van der Waals surface area (Å²) in [4.78, 5) is 13.1. The van der Waals surface area contributed by atoms with Crippen LogP contribution in [0.5, 0.6) is 0 Å². The van der Waals surface area contributed by atoms with Gasteiger partial charge in [0.2, 0.25) is 5.91 Å². The molecule has 0 saturated carbocycles. The number of halogens is 2. The first kappa shape index (κ1) is 13.9. The maximum Gasteiger partial charge on any atom is 0.238 e. The van der Waals surface area contributed by atoms with Crippen molar-refractivity contribution in [2.24, 2.45) is 0 Å². The van der Waals surface area contributed by atoms with Crippen LogP contribution in [-0.2, 0) is 4.79 Å². The van der Waals surface area contributed by atoms with Crippen LogP contribution in [-0.4, -0.2) is 52.9 Å². The van der Waals surface area contributed by atoms with E-state index in [-0.39, 0.29) is 19.6 Å². The molecule has 0 aromatic heterocycles. The second-order valence-corrected chi connectivity index (χ2v) is 4.47. The van der Waals surface area contributed by atoms with Gasteiger partial charge in [-0.05, 0) is 12.1 Å². The third-order valence-corrected chi connectivity index (χ3v) is 2.93. The van der Waals surface area contributed by atoms with Gasteiger partial charge in [0.25, 0.3) is 0 Å². The van der Waals surface area contributed by atoms with E-state index in [1.54, 1.807) is 0 Å². The van der Waals surface area contributed by atoms with Crippen molar-refractivity contribution in [1.82, 2.24) is 4.90 Å². The maximum atomic E-state index is 13.3. The minimum absolute atomic E-state index is 0.147. The molecule has 2 rings (SSSR count). The second kappa shape index (κ2) is 5.60. The summed E-state index contributed by atoms with van der Waals surface area (Å²) in [6.45, 7) is 0.143. The predicted octanol–water partition coefficient (Wildman–Crippen LogP) is -0.0593. The summed E-state index contributed by atoms with van der Waals surface area (Å²) in [5, 5.41) is 20.8. The Hall–Kier alpha value is -1.57. The number of carbonyl (C=O) groups is 1. The molecule has 104 valence electrons. The van der Waals surface area contributed by atoms with Crippen LogP contribution in [0.2, 0.25) is 0 Å². The summed E-state index contributed by atoms with van der Waals surface area (Å²) in [6.07, 6.45) is -1.81. The van der Waals surface area contributed by atoms with Gasteiger partial charge >= 0.3 is 0 Å². The van der Waals surface area contributed by atoms with Crippen molar-refractivity contribution in [3.05, 3.63) is 29.8 Å². The number of likely N-dealkylation sites (tertiary alicyclic amines) is 1. The number of β-amino-alcohol motifs (C(OH)–C–C–N with tert-alkyl or cyclic N) is 2. The monoisotopic (exact) mass is 272 g/mol. The molecule has 1 aromatic carbocycles. The normalized spacial score (nSPS) is 23.6. The number of carbonyl (C=O) groups excluding carboxylic acids is 1. The average molecular weight is 272 g/mol. The largest absolute Gasteiger partial charge is 0.389 e. The van der Waals surface area contributed by atoms with Gasteiger partial charge in [-0.3, -0.25) is 9.69 Å².